The summed E-state index contributed by atoms with van der Waals surface area (Å²) >= 11 is 0. The maximum absolute atomic E-state index is 12.5. The lowest BCUT2D eigenvalue weighted by Gasteiger charge is -2.32. The smallest absolute Gasteiger partial charge is 0.317 e. The minimum atomic E-state index is 0.0867. The largest absolute Gasteiger partial charge is 0.337 e. The molecule has 1 aromatic carbocycles. The predicted molar refractivity (Wildman–Crippen MR) is 95.2 cm³/mol. The first kappa shape index (κ1) is 16.1. The minimum absolute atomic E-state index is 0.0867. The van der Waals surface area contributed by atoms with Crippen LogP contribution in [-0.2, 0) is 13.0 Å². The van der Waals surface area contributed by atoms with Crippen LogP contribution in [0.25, 0.3) is 0 Å². The number of aryl methyl sites for hydroxylation is 1. The average Bonchev–Trinajstić information content (AvgIpc) is 3.30. The van der Waals surface area contributed by atoms with Crippen LogP contribution in [0.5, 0.6) is 0 Å². The van der Waals surface area contributed by atoms with E-state index in [-0.39, 0.29) is 6.03 Å². The highest BCUT2D eigenvalue weighted by Gasteiger charge is 2.26. The molecule has 1 atom stereocenters. The van der Waals surface area contributed by atoms with E-state index < -0.39 is 0 Å². The summed E-state index contributed by atoms with van der Waals surface area (Å²) in [5.41, 5.74) is 2.85. The number of carbonyl (C=O) groups excluding carboxylic acids is 1. The lowest BCUT2D eigenvalue weighted by molar-refractivity contribution is 0.163. The number of hydrogen-bond acceptors (Lipinski definition) is 3. The number of likely N-dealkylation sites (tertiary alicyclic amines) is 1. The number of piperidine rings is 1. The number of nitrogens with one attached hydrogen (secondary N) is 1. The van der Waals surface area contributed by atoms with Crippen molar-refractivity contribution in [2.24, 2.45) is 5.92 Å². The number of rotatable bonds is 4. The third-order valence-electron chi connectivity index (χ3n) is 5.57. The molecule has 0 spiro atoms. The van der Waals surface area contributed by atoms with Crippen molar-refractivity contribution in [2.75, 3.05) is 19.6 Å². The van der Waals surface area contributed by atoms with Crippen molar-refractivity contribution in [3.63, 3.8) is 0 Å². The molecule has 1 aliphatic carbocycles. The topological polar surface area (TPSA) is 63.1 Å². The first-order chi connectivity index (χ1) is 12.3. The first-order valence-electron chi connectivity index (χ1n) is 9.22. The number of benzene rings is 1. The fraction of sp³-hybridized carbons (Fsp3) is 0.526. The summed E-state index contributed by atoms with van der Waals surface area (Å²) in [7, 11) is 0. The van der Waals surface area contributed by atoms with Gasteiger partial charge in [-0.2, -0.15) is 5.10 Å². The molecule has 0 unspecified atom stereocenters. The van der Waals surface area contributed by atoms with Crippen molar-refractivity contribution >= 4 is 6.03 Å². The van der Waals surface area contributed by atoms with E-state index in [0.717, 1.165) is 51.9 Å². The maximum Gasteiger partial charge on any atom is 0.317 e. The van der Waals surface area contributed by atoms with Gasteiger partial charge in [-0.05, 0) is 42.7 Å². The van der Waals surface area contributed by atoms with Crippen LogP contribution in [-0.4, -0.2) is 45.3 Å². The Morgan fingerprint density at radius 2 is 2.04 bits per heavy atom. The monoisotopic (exact) mass is 339 g/mol. The molecule has 2 heterocycles. The molecule has 0 bridgehead atoms. The molecule has 0 radical (unpaired) electrons. The van der Waals surface area contributed by atoms with Crippen LogP contribution >= 0.6 is 0 Å². The average molecular weight is 339 g/mol. The molecule has 1 saturated heterocycles. The quantitative estimate of drug-likeness (QED) is 0.930. The molecule has 6 heteroatoms. The number of amides is 2. The number of aromatic nitrogens is 3. The van der Waals surface area contributed by atoms with Crippen LogP contribution in [0, 0.1) is 5.92 Å². The number of nitrogens with zero attached hydrogens (tertiary/aromatic N) is 4. The van der Waals surface area contributed by atoms with Crippen LogP contribution in [0.2, 0.25) is 0 Å². The zero-order valence-electron chi connectivity index (χ0n) is 14.5. The van der Waals surface area contributed by atoms with Gasteiger partial charge in [0.2, 0.25) is 0 Å². The molecule has 132 valence electrons. The summed E-state index contributed by atoms with van der Waals surface area (Å²) in [5.74, 6) is 1.04. The van der Waals surface area contributed by atoms with Crippen LogP contribution in [0.4, 0.5) is 4.79 Å². The summed E-state index contributed by atoms with van der Waals surface area (Å²) < 4.78 is 1.89. The predicted octanol–water partition coefficient (Wildman–Crippen LogP) is 2.43. The molecule has 1 aliphatic heterocycles. The maximum atomic E-state index is 12.5. The second kappa shape index (κ2) is 7.25. The van der Waals surface area contributed by atoms with Crippen molar-refractivity contribution in [3.05, 3.63) is 48.0 Å². The Balaban J connectivity index is 1.23. The van der Waals surface area contributed by atoms with Gasteiger partial charge in [-0.15, -0.1) is 0 Å². The molecule has 0 saturated carbocycles. The van der Waals surface area contributed by atoms with Gasteiger partial charge in [0.05, 0.1) is 0 Å². The number of urea groups is 1. The zero-order valence-corrected chi connectivity index (χ0v) is 14.5. The standard InChI is InChI=1S/C19H25N5O/c25-19(21-11-17-6-5-16-3-1-2-4-18(16)17)23-9-7-15(8-10-23)12-24-14-20-13-22-24/h1-4,13-15,17H,5-12H2,(H,21,25)/t17-/m0/s1. The van der Waals surface area contributed by atoms with E-state index >= 15 is 0 Å². The van der Waals surface area contributed by atoms with Crippen molar-refractivity contribution in [1.29, 1.82) is 0 Å². The van der Waals surface area contributed by atoms with Crippen LogP contribution in [0.15, 0.2) is 36.9 Å². The van der Waals surface area contributed by atoms with Gasteiger partial charge in [-0.25, -0.2) is 9.78 Å². The van der Waals surface area contributed by atoms with E-state index in [1.165, 1.54) is 11.1 Å². The molecule has 2 amide bonds. The Bertz CT molecular complexity index is 706. The molecule has 4 rings (SSSR count). The Morgan fingerprint density at radius 3 is 2.84 bits per heavy atom. The zero-order chi connectivity index (χ0) is 17.1. The number of hydrogen-bond donors (Lipinski definition) is 1. The van der Waals surface area contributed by atoms with E-state index in [4.69, 9.17) is 0 Å². The third-order valence-corrected chi connectivity index (χ3v) is 5.57. The highest BCUT2D eigenvalue weighted by molar-refractivity contribution is 5.74. The summed E-state index contributed by atoms with van der Waals surface area (Å²) in [6.45, 7) is 3.29. The fourth-order valence-corrected chi connectivity index (χ4v) is 4.09. The summed E-state index contributed by atoms with van der Waals surface area (Å²) in [5, 5.41) is 7.32. The fourth-order valence-electron chi connectivity index (χ4n) is 4.09. The van der Waals surface area contributed by atoms with Gasteiger partial charge >= 0.3 is 6.03 Å². The van der Waals surface area contributed by atoms with E-state index in [0.29, 0.717) is 11.8 Å². The molecular formula is C19H25N5O. The Hall–Kier alpha value is -2.37. The molecular weight excluding hydrogens is 314 g/mol. The lowest BCUT2D eigenvalue weighted by atomic mass is 9.97. The second-order valence-corrected chi connectivity index (χ2v) is 7.17. The van der Waals surface area contributed by atoms with Gasteiger partial charge in [0.15, 0.2) is 0 Å². The Morgan fingerprint density at radius 1 is 1.20 bits per heavy atom. The number of carbonyl (C=O) groups is 1. The van der Waals surface area contributed by atoms with Crippen LogP contribution < -0.4 is 5.32 Å². The van der Waals surface area contributed by atoms with Gasteiger partial charge in [0.25, 0.3) is 0 Å². The Labute approximate surface area is 148 Å². The van der Waals surface area contributed by atoms with Crippen molar-refractivity contribution in [3.8, 4) is 0 Å². The first-order valence-corrected chi connectivity index (χ1v) is 9.22. The highest BCUT2D eigenvalue weighted by atomic mass is 16.2. The Kier molecular flexibility index (Phi) is 4.68. The van der Waals surface area contributed by atoms with Gasteiger partial charge in [-0.1, -0.05) is 24.3 Å². The summed E-state index contributed by atoms with van der Waals surface area (Å²) in [4.78, 5) is 18.4. The SMILES string of the molecule is O=C(NC[C@@H]1CCc2ccccc21)N1CCC(Cn2cncn2)CC1. The summed E-state index contributed by atoms with van der Waals surface area (Å²) in [6.07, 6.45) is 7.66. The minimum Gasteiger partial charge on any atom is -0.337 e. The number of fused-ring (bicyclic) bond motifs is 1. The van der Waals surface area contributed by atoms with E-state index in [1.54, 1.807) is 12.7 Å². The molecule has 1 aromatic heterocycles. The van der Waals surface area contributed by atoms with E-state index in [1.807, 2.05) is 9.58 Å². The van der Waals surface area contributed by atoms with Gasteiger partial charge in [0, 0.05) is 32.1 Å². The second-order valence-electron chi connectivity index (χ2n) is 7.17. The molecule has 25 heavy (non-hydrogen) atoms. The molecule has 1 N–H and O–H groups in total. The lowest BCUT2D eigenvalue weighted by Crippen LogP contribution is -2.45. The summed E-state index contributed by atoms with van der Waals surface area (Å²) in [6, 6.07) is 8.69. The molecule has 1 fully saturated rings. The van der Waals surface area contributed by atoms with Crippen LogP contribution in [0.1, 0.15) is 36.3 Å². The van der Waals surface area contributed by atoms with E-state index in [9.17, 15) is 4.79 Å². The van der Waals surface area contributed by atoms with Crippen molar-refractivity contribution in [2.45, 2.75) is 38.1 Å². The molecule has 2 aromatic rings. The van der Waals surface area contributed by atoms with Crippen molar-refractivity contribution < 1.29 is 4.79 Å². The van der Waals surface area contributed by atoms with Crippen molar-refractivity contribution in [1.82, 2.24) is 25.0 Å². The van der Waals surface area contributed by atoms with Gasteiger partial charge in [0.1, 0.15) is 12.7 Å². The van der Waals surface area contributed by atoms with Crippen LogP contribution in [0.3, 0.4) is 0 Å². The molecule has 2 aliphatic rings. The van der Waals surface area contributed by atoms with E-state index in [2.05, 4.69) is 39.7 Å². The van der Waals surface area contributed by atoms with Gasteiger partial charge < -0.3 is 10.2 Å². The third kappa shape index (κ3) is 3.67. The van der Waals surface area contributed by atoms with Gasteiger partial charge in [-0.3, -0.25) is 4.68 Å². The normalized spacial score (nSPS) is 20.5. The molecule has 6 nitrogen and oxygen atoms in total. The highest BCUT2D eigenvalue weighted by Crippen LogP contribution is 2.32.